The zero-order chi connectivity index (χ0) is 10.1. The molecule has 1 heterocycles. The van der Waals surface area contributed by atoms with Crippen LogP contribution in [0, 0.1) is 0 Å². The number of fused-ring (bicyclic) bond motifs is 1. The average Bonchev–Trinajstić information content (AvgIpc) is 2.51. The van der Waals surface area contributed by atoms with Gasteiger partial charge >= 0.3 is 0 Å². The van der Waals surface area contributed by atoms with Crippen molar-refractivity contribution in [3.8, 4) is 5.75 Å². The Balaban J connectivity index is 2.37. The molecule has 0 amide bonds. The number of benzene rings is 1. The molecule has 2 unspecified atom stereocenters. The van der Waals surface area contributed by atoms with E-state index >= 15 is 0 Å². The molecular weight excluding hydrogens is 174 g/mol. The van der Waals surface area contributed by atoms with Gasteiger partial charge in [-0.2, -0.15) is 0 Å². The highest BCUT2D eigenvalue weighted by Gasteiger charge is 2.27. The summed E-state index contributed by atoms with van der Waals surface area (Å²) >= 11 is 0. The lowest BCUT2D eigenvalue weighted by molar-refractivity contribution is 0.415. The molecular formula is C12H17NO. The smallest absolute Gasteiger partial charge is 0.120 e. The van der Waals surface area contributed by atoms with Crippen LogP contribution in [0.3, 0.4) is 0 Å². The molecule has 2 nitrogen and oxygen atoms in total. The Bertz CT molecular complexity index is 335. The molecule has 0 fully saturated rings. The van der Waals surface area contributed by atoms with Gasteiger partial charge in [0.25, 0.3) is 0 Å². The van der Waals surface area contributed by atoms with E-state index in [1.807, 2.05) is 6.07 Å². The van der Waals surface area contributed by atoms with Crippen LogP contribution in [0.25, 0.3) is 0 Å². The number of hydrogen-bond acceptors (Lipinski definition) is 2. The maximum atomic E-state index is 5.20. The van der Waals surface area contributed by atoms with Crippen LogP contribution in [0.1, 0.15) is 31.7 Å². The monoisotopic (exact) mass is 191 g/mol. The van der Waals surface area contributed by atoms with Crippen LogP contribution >= 0.6 is 0 Å². The van der Waals surface area contributed by atoms with Crippen LogP contribution in [0.5, 0.6) is 5.75 Å². The molecule has 1 N–H and O–H groups in total. The molecule has 2 heteroatoms. The zero-order valence-corrected chi connectivity index (χ0v) is 9.00. The van der Waals surface area contributed by atoms with Crippen LogP contribution < -0.4 is 10.1 Å². The van der Waals surface area contributed by atoms with Crippen molar-refractivity contribution in [2.75, 3.05) is 12.4 Å². The van der Waals surface area contributed by atoms with Gasteiger partial charge in [0.05, 0.1) is 7.11 Å². The van der Waals surface area contributed by atoms with Crippen molar-refractivity contribution >= 4 is 5.69 Å². The summed E-state index contributed by atoms with van der Waals surface area (Å²) in [6.07, 6.45) is 1.19. The van der Waals surface area contributed by atoms with Gasteiger partial charge in [0.2, 0.25) is 0 Å². The first-order valence-corrected chi connectivity index (χ1v) is 5.20. The molecule has 14 heavy (non-hydrogen) atoms. The Morgan fingerprint density at radius 1 is 1.43 bits per heavy atom. The van der Waals surface area contributed by atoms with Gasteiger partial charge < -0.3 is 10.1 Å². The van der Waals surface area contributed by atoms with E-state index in [1.165, 1.54) is 17.7 Å². The molecule has 0 aliphatic carbocycles. The number of ether oxygens (including phenoxy) is 1. The van der Waals surface area contributed by atoms with Gasteiger partial charge in [0.1, 0.15) is 5.75 Å². The third-order valence-electron chi connectivity index (χ3n) is 3.09. The highest BCUT2D eigenvalue weighted by atomic mass is 16.5. The molecule has 0 radical (unpaired) electrons. The van der Waals surface area contributed by atoms with E-state index in [1.54, 1.807) is 7.11 Å². The van der Waals surface area contributed by atoms with Crippen LogP contribution in [0.2, 0.25) is 0 Å². The minimum absolute atomic E-state index is 0.544. The van der Waals surface area contributed by atoms with Crippen LogP contribution in [0.15, 0.2) is 18.2 Å². The standard InChI is InChI=1S/C12H17NO/c1-4-10-8(2)13-12-7-9(14-3)5-6-11(10)12/h5-8,10,13H,4H2,1-3H3. The van der Waals surface area contributed by atoms with Crippen LogP contribution in [-0.2, 0) is 0 Å². The molecule has 2 rings (SSSR count). The van der Waals surface area contributed by atoms with Gasteiger partial charge in [-0.1, -0.05) is 13.0 Å². The lowest BCUT2D eigenvalue weighted by Gasteiger charge is -2.12. The Morgan fingerprint density at radius 3 is 2.86 bits per heavy atom. The summed E-state index contributed by atoms with van der Waals surface area (Å²) in [5, 5.41) is 3.49. The predicted molar refractivity (Wildman–Crippen MR) is 59.1 cm³/mol. The van der Waals surface area contributed by atoms with Crippen molar-refractivity contribution in [1.29, 1.82) is 0 Å². The first kappa shape index (κ1) is 9.38. The molecule has 0 bridgehead atoms. The fourth-order valence-electron chi connectivity index (χ4n) is 2.30. The fraction of sp³-hybridized carbons (Fsp3) is 0.500. The molecule has 1 aromatic rings. The van der Waals surface area contributed by atoms with Crippen molar-refractivity contribution in [1.82, 2.24) is 0 Å². The van der Waals surface area contributed by atoms with Crippen molar-refractivity contribution in [2.45, 2.75) is 32.2 Å². The largest absolute Gasteiger partial charge is 0.497 e. The van der Waals surface area contributed by atoms with E-state index in [0.717, 1.165) is 5.75 Å². The zero-order valence-electron chi connectivity index (χ0n) is 9.00. The van der Waals surface area contributed by atoms with E-state index < -0.39 is 0 Å². The van der Waals surface area contributed by atoms with Gasteiger partial charge in [-0.05, 0) is 25.0 Å². The predicted octanol–water partition coefficient (Wildman–Crippen LogP) is 3.00. The summed E-state index contributed by atoms with van der Waals surface area (Å²) in [6.45, 7) is 4.48. The molecule has 0 aromatic heterocycles. The maximum absolute atomic E-state index is 5.20. The van der Waals surface area contributed by atoms with Gasteiger partial charge in [-0.3, -0.25) is 0 Å². The number of hydrogen-bond donors (Lipinski definition) is 1. The second-order valence-corrected chi connectivity index (χ2v) is 3.90. The Hall–Kier alpha value is -1.18. The number of nitrogens with one attached hydrogen (secondary N) is 1. The maximum Gasteiger partial charge on any atom is 0.120 e. The normalized spacial score (nSPS) is 24.2. The van der Waals surface area contributed by atoms with Gasteiger partial charge in [-0.25, -0.2) is 0 Å². The Labute approximate surface area is 85.3 Å². The van der Waals surface area contributed by atoms with Gasteiger partial charge in [0.15, 0.2) is 0 Å². The Kier molecular flexibility index (Phi) is 2.36. The highest BCUT2D eigenvalue weighted by Crippen LogP contribution is 2.39. The minimum atomic E-state index is 0.544. The fourth-order valence-corrected chi connectivity index (χ4v) is 2.30. The molecule has 1 aliphatic rings. The summed E-state index contributed by atoms with van der Waals surface area (Å²) in [4.78, 5) is 0. The lowest BCUT2D eigenvalue weighted by atomic mass is 9.94. The lowest BCUT2D eigenvalue weighted by Crippen LogP contribution is -2.14. The van der Waals surface area contributed by atoms with E-state index in [4.69, 9.17) is 4.74 Å². The van der Waals surface area contributed by atoms with Gasteiger partial charge in [-0.15, -0.1) is 0 Å². The van der Waals surface area contributed by atoms with Crippen molar-refractivity contribution in [2.24, 2.45) is 0 Å². The summed E-state index contributed by atoms with van der Waals surface area (Å²) in [5.41, 5.74) is 2.67. The summed E-state index contributed by atoms with van der Waals surface area (Å²) in [6, 6.07) is 6.85. The number of anilines is 1. The van der Waals surface area contributed by atoms with E-state index in [9.17, 15) is 0 Å². The molecule has 0 spiro atoms. The van der Waals surface area contributed by atoms with Crippen molar-refractivity contribution in [3.63, 3.8) is 0 Å². The average molecular weight is 191 g/mol. The summed E-state index contributed by atoms with van der Waals surface area (Å²) in [5.74, 6) is 1.58. The van der Waals surface area contributed by atoms with Crippen molar-refractivity contribution < 1.29 is 4.74 Å². The first-order valence-electron chi connectivity index (χ1n) is 5.20. The quantitative estimate of drug-likeness (QED) is 0.776. The van der Waals surface area contributed by atoms with Gasteiger partial charge in [0, 0.05) is 23.7 Å². The van der Waals surface area contributed by atoms with E-state index in [2.05, 4.69) is 31.3 Å². The third kappa shape index (κ3) is 1.35. The first-order chi connectivity index (χ1) is 6.76. The number of methoxy groups -OCH3 is 1. The molecule has 76 valence electrons. The number of rotatable bonds is 2. The second-order valence-electron chi connectivity index (χ2n) is 3.90. The SMILES string of the molecule is CCC1c2ccc(OC)cc2NC1C. The van der Waals surface area contributed by atoms with Crippen LogP contribution in [-0.4, -0.2) is 13.2 Å². The molecule has 0 saturated heterocycles. The molecule has 0 saturated carbocycles. The second kappa shape index (κ2) is 3.52. The molecule has 1 aromatic carbocycles. The van der Waals surface area contributed by atoms with Crippen LogP contribution in [0.4, 0.5) is 5.69 Å². The Morgan fingerprint density at radius 2 is 2.21 bits per heavy atom. The van der Waals surface area contributed by atoms with E-state index in [0.29, 0.717) is 12.0 Å². The summed E-state index contributed by atoms with van der Waals surface area (Å²) in [7, 11) is 1.71. The molecule has 1 aliphatic heterocycles. The highest BCUT2D eigenvalue weighted by molar-refractivity contribution is 5.61. The summed E-state index contributed by atoms with van der Waals surface area (Å²) < 4.78 is 5.20. The topological polar surface area (TPSA) is 21.3 Å². The van der Waals surface area contributed by atoms with Crippen molar-refractivity contribution in [3.05, 3.63) is 23.8 Å². The van der Waals surface area contributed by atoms with E-state index in [-0.39, 0.29) is 0 Å². The molecule has 2 atom stereocenters. The third-order valence-corrected chi connectivity index (χ3v) is 3.09. The minimum Gasteiger partial charge on any atom is -0.497 e.